The molecule has 3 N–H and O–H groups in total. The summed E-state index contributed by atoms with van der Waals surface area (Å²) >= 11 is 15.7. The number of fused-ring (bicyclic) bond motifs is 1. The first-order chi connectivity index (χ1) is 16.6. The number of amides is 3. The first-order valence-electron chi connectivity index (χ1n) is 10.4. The van der Waals surface area contributed by atoms with Gasteiger partial charge in [-0.1, -0.05) is 35.3 Å². The summed E-state index contributed by atoms with van der Waals surface area (Å²) in [5, 5.41) is 6.89. The van der Waals surface area contributed by atoms with Crippen molar-refractivity contribution in [2.45, 2.75) is 13.8 Å². The number of aryl methyl sites for hydroxylation is 1. The second kappa shape index (κ2) is 10.1. The Morgan fingerprint density at radius 3 is 2.37 bits per heavy atom. The van der Waals surface area contributed by atoms with Crippen LogP contribution < -0.4 is 16.1 Å². The van der Waals surface area contributed by atoms with E-state index in [1.165, 1.54) is 4.68 Å². The minimum atomic E-state index is -0.970. The van der Waals surface area contributed by atoms with Crippen LogP contribution in [0.15, 0.2) is 65.1 Å². The summed E-state index contributed by atoms with van der Waals surface area (Å²) in [7, 11) is 0. The van der Waals surface area contributed by atoms with E-state index in [1.807, 2.05) is 19.1 Å². The number of aromatic nitrogens is 1. The van der Waals surface area contributed by atoms with Crippen LogP contribution in [0, 0.1) is 13.8 Å². The molecule has 7 nitrogen and oxygen atoms in total. The van der Waals surface area contributed by atoms with Crippen LogP contribution in [0.5, 0.6) is 0 Å². The lowest BCUT2D eigenvalue weighted by Crippen LogP contribution is -2.36. The van der Waals surface area contributed by atoms with Gasteiger partial charge in [0, 0.05) is 25.6 Å². The Labute approximate surface area is 219 Å². The number of hydrogen-bond donors (Lipinski definition) is 3. The normalized spacial score (nSPS) is 10.8. The first kappa shape index (κ1) is 24.8. The van der Waals surface area contributed by atoms with Crippen molar-refractivity contribution < 1.29 is 14.4 Å². The van der Waals surface area contributed by atoms with E-state index in [9.17, 15) is 14.4 Å². The third kappa shape index (κ3) is 5.35. The lowest BCUT2D eigenvalue weighted by atomic mass is 10.2. The first-order valence-corrected chi connectivity index (χ1v) is 11.9. The molecule has 0 saturated carbocycles. The van der Waals surface area contributed by atoms with Crippen LogP contribution in [0.4, 0.5) is 11.4 Å². The van der Waals surface area contributed by atoms with Crippen LogP contribution >= 0.6 is 39.1 Å². The lowest BCUT2D eigenvalue weighted by Gasteiger charge is -2.14. The molecule has 178 valence electrons. The number of anilines is 2. The SMILES string of the molecule is Cc1ccc(NC(=O)c2cc3cc(Cl)ccc3n2NC(=O)C(=O)Nc2cccc(Cl)c2C)c(Br)c1. The van der Waals surface area contributed by atoms with Crippen molar-refractivity contribution in [3.8, 4) is 0 Å². The molecule has 0 unspecified atom stereocenters. The van der Waals surface area contributed by atoms with Gasteiger partial charge in [0.1, 0.15) is 5.69 Å². The summed E-state index contributed by atoms with van der Waals surface area (Å²) in [6, 6.07) is 17.0. The molecule has 0 aliphatic rings. The van der Waals surface area contributed by atoms with Crippen molar-refractivity contribution in [2.24, 2.45) is 0 Å². The molecule has 0 fully saturated rings. The molecular weight excluding hydrogens is 555 g/mol. The van der Waals surface area contributed by atoms with Gasteiger partial charge >= 0.3 is 11.8 Å². The molecule has 10 heteroatoms. The van der Waals surface area contributed by atoms with Gasteiger partial charge in [-0.25, -0.2) is 4.68 Å². The summed E-state index contributed by atoms with van der Waals surface area (Å²) in [5.74, 6) is -2.38. The molecule has 0 bridgehead atoms. The molecule has 0 spiro atoms. The molecule has 35 heavy (non-hydrogen) atoms. The van der Waals surface area contributed by atoms with Crippen molar-refractivity contribution in [2.75, 3.05) is 16.1 Å². The molecule has 4 aromatic rings. The van der Waals surface area contributed by atoms with Gasteiger partial charge < -0.3 is 10.6 Å². The average molecular weight is 574 g/mol. The fourth-order valence-corrected chi connectivity index (χ4v) is 4.40. The standard InChI is InChI=1S/C25H19BrCl2N4O3/c1-13-6-8-20(17(26)10-13)30-23(33)22-12-15-11-16(27)7-9-21(15)32(22)31-25(35)24(34)29-19-5-3-4-18(28)14(19)2/h3-12H,1-2H3,(H,29,34)(H,30,33)(H,31,35). The van der Waals surface area contributed by atoms with Gasteiger partial charge in [-0.05, 0) is 89.4 Å². The lowest BCUT2D eigenvalue weighted by molar-refractivity contribution is -0.133. The largest absolute Gasteiger partial charge is 0.328 e. The van der Waals surface area contributed by atoms with Gasteiger partial charge in [0.05, 0.1) is 11.2 Å². The van der Waals surface area contributed by atoms with Crippen LogP contribution in [0.1, 0.15) is 21.6 Å². The minimum Gasteiger partial charge on any atom is -0.320 e. The molecule has 4 rings (SSSR count). The van der Waals surface area contributed by atoms with Crippen LogP contribution in [0.2, 0.25) is 10.0 Å². The summed E-state index contributed by atoms with van der Waals surface area (Å²) in [5.41, 5.74) is 5.71. The number of hydrogen-bond acceptors (Lipinski definition) is 3. The number of rotatable bonds is 4. The monoisotopic (exact) mass is 572 g/mol. The zero-order chi connectivity index (χ0) is 25.3. The van der Waals surface area contributed by atoms with Crippen molar-refractivity contribution in [3.63, 3.8) is 0 Å². The van der Waals surface area contributed by atoms with Crippen LogP contribution in [-0.4, -0.2) is 22.4 Å². The van der Waals surface area contributed by atoms with Crippen molar-refractivity contribution >= 4 is 79.1 Å². The average Bonchev–Trinajstić information content (AvgIpc) is 3.16. The van der Waals surface area contributed by atoms with E-state index < -0.39 is 17.7 Å². The highest BCUT2D eigenvalue weighted by Crippen LogP contribution is 2.27. The Bertz CT molecular complexity index is 1500. The van der Waals surface area contributed by atoms with E-state index in [1.54, 1.807) is 55.5 Å². The molecule has 0 atom stereocenters. The predicted molar refractivity (Wildman–Crippen MR) is 143 cm³/mol. The van der Waals surface area contributed by atoms with Gasteiger partial charge in [-0.3, -0.25) is 19.8 Å². The highest BCUT2D eigenvalue weighted by Gasteiger charge is 2.22. The molecule has 3 amide bonds. The van der Waals surface area contributed by atoms with Crippen molar-refractivity contribution in [1.29, 1.82) is 0 Å². The molecular formula is C25H19BrCl2N4O3. The number of carbonyl (C=O) groups excluding carboxylic acids is 3. The summed E-state index contributed by atoms with van der Waals surface area (Å²) in [4.78, 5) is 38.6. The minimum absolute atomic E-state index is 0.106. The van der Waals surface area contributed by atoms with Gasteiger partial charge in [-0.2, -0.15) is 0 Å². The topological polar surface area (TPSA) is 92.2 Å². The van der Waals surface area contributed by atoms with Gasteiger partial charge in [0.2, 0.25) is 0 Å². The Balaban J connectivity index is 1.65. The van der Waals surface area contributed by atoms with Gasteiger partial charge in [-0.15, -0.1) is 0 Å². The third-order valence-electron chi connectivity index (χ3n) is 5.30. The van der Waals surface area contributed by atoms with Crippen molar-refractivity contribution in [3.05, 3.63) is 92.0 Å². The maximum absolute atomic E-state index is 13.2. The number of nitrogens with zero attached hydrogens (tertiary/aromatic N) is 1. The van der Waals surface area contributed by atoms with E-state index in [-0.39, 0.29) is 5.69 Å². The van der Waals surface area contributed by atoms with Crippen LogP contribution in [0.25, 0.3) is 10.9 Å². The maximum Gasteiger partial charge on any atom is 0.328 e. The summed E-state index contributed by atoms with van der Waals surface area (Å²) in [6.45, 7) is 3.66. The zero-order valence-electron chi connectivity index (χ0n) is 18.6. The second-order valence-corrected chi connectivity index (χ2v) is 9.51. The molecule has 0 aliphatic carbocycles. The van der Waals surface area contributed by atoms with Crippen molar-refractivity contribution in [1.82, 2.24) is 4.68 Å². The molecule has 1 aromatic heterocycles. The zero-order valence-corrected chi connectivity index (χ0v) is 21.7. The number of benzene rings is 3. The predicted octanol–water partition coefficient (Wildman–Crippen LogP) is 6.29. The Hall–Kier alpha value is -3.33. The Morgan fingerprint density at radius 2 is 1.63 bits per heavy atom. The smallest absolute Gasteiger partial charge is 0.320 e. The highest BCUT2D eigenvalue weighted by molar-refractivity contribution is 9.10. The van der Waals surface area contributed by atoms with Gasteiger partial charge in [0.15, 0.2) is 0 Å². The number of nitrogens with one attached hydrogen (secondary N) is 3. The molecule has 3 aromatic carbocycles. The molecule has 0 saturated heterocycles. The summed E-state index contributed by atoms with van der Waals surface area (Å²) < 4.78 is 1.97. The van der Waals surface area contributed by atoms with E-state index >= 15 is 0 Å². The number of halogens is 3. The van der Waals surface area contributed by atoms with E-state index in [0.29, 0.717) is 42.4 Å². The molecule has 0 aliphatic heterocycles. The Morgan fingerprint density at radius 1 is 0.857 bits per heavy atom. The fraction of sp³-hybridized carbons (Fsp3) is 0.0800. The van der Waals surface area contributed by atoms with E-state index in [0.717, 1.165) is 5.56 Å². The third-order valence-corrected chi connectivity index (χ3v) is 6.61. The maximum atomic E-state index is 13.2. The Kier molecular flexibility index (Phi) is 7.16. The van der Waals surface area contributed by atoms with E-state index in [2.05, 4.69) is 32.0 Å². The fourth-order valence-electron chi connectivity index (χ4n) is 3.46. The highest BCUT2D eigenvalue weighted by atomic mass is 79.9. The molecule has 1 heterocycles. The van der Waals surface area contributed by atoms with Crippen LogP contribution in [0.3, 0.4) is 0 Å². The second-order valence-electron chi connectivity index (χ2n) is 7.81. The molecule has 0 radical (unpaired) electrons. The van der Waals surface area contributed by atoms with Gasteiger partial charge in [0.25, 0.3) is 5.91 Å². The number of carbonyl (C=O) groups is 3. The van der Waals surface area contributed by atoms with E-state index in [4.69, 9.17) is 23.2 Å². The summed E-state index contributed by atoms with van der Waals surface area (Å²) in [6.07, 6.45) is 0. The van der Waals surface area contributed by atoms with Crippen LogP contribution in [-0.2, 0) is 9.59 Å². The quantitative estimate of drug-likeness (QED) is 0.251.